The predicted molar refractivity (Wildman–Crippen MR) is 101 cm³/mol. The highest BCUT2D eigenvalue weighted by molar-refractivity contribution is 7.09. The molecule has 3 heterocycles. The molecule has 6 nitrogen and oxygen atoms in total. The summed E-state index contributed by atoms with van der Waals surface area (Å²) in [5.74, 6) is 0.886. The van der Waals surface area contributed by atoms with Crippen LogP contribution in [-0.4, -0.2) is 53.5 Å². The van der Waals surface area contributed by atoms with E-state index in [2.05, 4.69) is 32.0 Å². The number of nitrogens with zero attached hydrogens (tertiary/aromatic N) is 4. The average Bonchev–Trinajstić information content (AvgIpc) is 3.20. The molecule has 1 fully saturated rings. The van der Waals surface area contributed by atoms with Crippen LogP contribution in [0.25, 0.3) is 0 Å². The van der Waals surface area contributed by atoms with Gasteiger partial charge in [-0.2, -0.15) is 0 Å². The summed E-state index contributed by atoms with van der Waals surface area (Å²) >= 11 is 1.72. The first-order valence-corrected chi connectivity index (χ1v) is 9.69. The lowest BCUT2D eigenvalue weighted by Crippen LogP contribution is -2.47. The number of carbonyl (C=O) groups excluding carboxylic acids is 1. The predicted octanol–water partition coefficient (Wildman–Crippen LogP) is 2.56. The Hall–Kier alpha value is -1.99. The van der Waals surface area contributed by atoms with Crippen molar-refractivity contribution in [2.75, 3.05) is 37.6 Å². The molecule has 3 rings (SSSR count). The summed E-state index contributed by atoms with van der Waals surface area (Å²) in [5.41, 5.74) is 0.619. The minimum absolute atomic E-state index is 0.0528. The minimum Gasteiger partial charge on any atom is -0.354 e. The molecule has 1 atom stereocenters. The molecule has 0 spiro atoms. The van der Waals surface area contributed by atoms with E-state index in [1.54, 1.807) is 17.5 Å². The molecule has 0 aromatic carbocycles. The molecule has 2 aromatic heterocycles. The number of nitrogens with one attached hydrogen (secondary N) is 1. The first-order valence-electron chi connectivity index (χ1n) is 8.81. The first-order chi connectivity index (χ1) is 12.2. The molecule has 2 aromatic rings. The smallest absolute Gasteiger partial charge is 0.252 e. The highest BCUT2D eigenvalue weighted by Crippen LogP contribution is 2.24. The van der Waals surface area contributed by atoms with Crippen molar-refractivity contribution in [1.29, 1.82) is 0 Å². The quantitative estimate of drug-likeness (QED) is 0.859. The fourth-order valence-corrected chi connectivity index (χ4v) is 3.71. The zero-order valence-electron chi connectivity index (χ0n) is 14.8. The molecule has 1 unspecified atom stereocenters. The van der Waals surface area contributed by atoms with Crippen LogP contribution in [-0.2, 0) is 0 Å². The van der Waals surface area contributed by atoms with E-state index in [4.69, 9.17) is 0 Å². The van der Waals surface area contributed by atoms with E-state index in [0.717, 1.165) is 38.4 Å². The summed E-state index contributed by atoms with van der Waals surface area (Å²) in [6.07, 6.45) is 4.47. The molecule has 134 valence electrons. The topological polar surface area (TPSA) is 61.4 Å². The summed E-state index contributed by atoms with van der Waals surface area (Å²) in [4.78, 5) is 25.6. The van der Waals surface area contributed by atoms with Crippen LogP contribution < -0.4 is 10.2 Å². The monoisotopic (exact) mass is 359 g/mol. The van der Waals surface area contributed by atoms with Gasteiger partial charge in [-0.05, 0) is 25.5 Å². The molecule has 0 radical (unpaired) electrons. The van der Waals surface area contributed by atoms with E-state index in [1.807, 2.05) is 30.6 Å². The largest absolute Gasteiger partial charge is 0.354 e. The van der Waals surface area contributed by atoms with E-state index in [-0.39, 0.29) is 5.91 Å². The van der Waals surface area contributed by atoms with Crippen LogP contribution in [0.1, 0.15) is 41.7 Å². The van der Waals surface area contributed by atoms with Gasteiger partial charge in [-0.3, -0.25) is 9.69 Å². The Morgan fingerprint density at radius 1 is 1.28 bits per heavy atom. The number of rotatable bonds is 6. The molecule has 7 heteroatoms. The fourth-order valence-electron chi connectivity index (χ4n) is 2.98. The zero-order chi connectivity index (χ0) is 17.6. The zero-order valence-corrected chi connectivity index (χ0v) is 15.6. The third-order valence-electron chi connectivity index (χ3n) is 4.54. The number of hydrogen-bond acceptors (Lipinski definition) is 6. The van der Waals surface area contributed by atoms with Crippen LogP contribution in [0.15, 0.2) is 29.9 Å². The number of pyridine rings is 1. The highest BCUT2D eigenvalue weighted by Gasteiger charge is 2.24. The van der Waals surface area contributed by atoms with Crippen molar-refractivity contribution in [3.63, 3.8) is 0 Å². The molecule has 25 heavy (non-hydrogen) atoms. The molecule has 1 aliphatic rings. The second kappa shape index (κ2) is 8.40. The van der Waals surface area contributed by atoms with Gasteiger partial charge in [0.25, 0.3) is 5.91 Å². The van der Waals surface area contributed by atoms with Crippen molar-refractivity contribution in [3.05, 3.63) is 40.5 Å². The van der Waals surface area contributed by atoms with E-state index >= 15 is 0 Å². The highest BCUT2D eigenvalue weighted by atomic mass is 32.1. The second-order valence-corrected chi connectivity index (χ2v) is 7.16. The van der Waals surface area contributed by atoms with Crippen LogP contribution in [0.2, 0.25) is 0 Å². The van der Waals surface area contributed by atoms with Gasteiger partial charge in [0.15, 0.2) is 0 Å². The summed E-state index contributed by atoms with van der Waals surface area (Å²) in [6.45, 7) is 8.80. The molecular formula is C18H25N5OS. The van der Waals surface area contributed by atoms with Crippen LogP contribution in [0.3, 0.4) is 0 Å². The van der Waals surface area contributed by atoms with Gasteiger partial charge in [0, 0.05) is 50.5 Å². The molecule has 0 saturated carbocycles. The van der Waals surface area contributed by atoms with Crippen LogP contribution in [0.5, 0.6) is 0 Å². The summed E-state index contributed by atoms with van der Waals surface area (Å²) in [5, 5.41) is 6.08. The van der Waals surface area contributed by atoms with Crippen molar-refractivity contribution in [2.24, 2.45) is 0 Å². The van der Waals surface area contributed by atoms with Crippen molar-refractivity contribution < 1.29 is 4.79 Å². The Kier molecular flexibility index (Phi) is 5.99. The third kappa shape index (κ3) is 4.35. The number of hydrogen-bond donors (Lipinski definition) is 1. The molecule has 1 N–H and O–H groups in total. The molecule has 1 saturated heterocycles. The lowest BCUT2D eigenvalue weighted by atomic mass is 10.2. The number of carbonyl (C=O) groups is 1. The molecule has 0 bridgehead atoms. The number of aromatic nitrogens is 2. The van der Waals surface area contributed by atoms with Crippen LogP contribution >= 0.6 is 11.3 Å². The van der Waals surface area contributed by atoms with Gasteiger partial charge in [-0.1, -0.05) is 6.92 Å². The Morgan fingerprint density at radius 3 is 2.68 bits per heavy atom. The second-order valence-electron chi connectivity index (χ2n) is 6.23. The molecular weight excluding hydrogens is 334 g/mol. The maximum Gasteiger partial charge on any atom is 0.252 e. The summed E-state index contributed by atoms with van der Waals surface area (Å²) < 4.78 is 0. The Labute approximate surface area is 152 Å². The minimum atomic E-state index is -0.0528. The van der Waals surface area contributed by atoms with Crippen molar-refractivity contribution in [3.8, 4) is 0 Å². The fraction of sp³-hybridized carbons (Fsp3) is 0.500. The van der Waals surface area contributed by atoms with Crippen molar-refractivity contribution >= 4 is 23.1 Å². The van der Waals surface area contributed by atoms with Gasteiger partial charge in [-0.15, -0.1) is 11.3 Å². The third-order valence-corrected chi connectivity index (χ3v) is 5.49. The van der Waals surface area contributed by atoms with E-state index in [1.165, 1.54) is 5.01 Å². The van der Waals surface area contributed by atoms with Crippen molar-refractivity contribution in [1.82, 2.24) is 20.2 Å². The van der Waals surface area contributed by atoms with Crippen LogP contribution in [0.4, 0.5) is 5.82 Å². The van der Waals surface area contributed by atoms with Crippen LogP contribution in [0, 0.1) is 0 Å². The van der Waals surface area contributed by atoms with Gasteiger partial charge in [-0.25, -0.2) is 9.97 Å². The maximum atomic E-state index is 11.9. The maximum absolute atomic E-state index is 11.9. The van der Waals surface area contributed by atoms with Gasteiger partial charge in [0.05, 0.1) is 11.6 Å². The number of anilines is 1. The van der Waals surface area contributed by atoms with Gasteiger partial charge >= 0.3 is 0 Å². The normalized spacial score (nSPS) is 16.6. The van der Waals surface area contributed by atoms with Gasteiger partial charge in [0.2, 0.25) is 0 Å². The van der Waals surface area contributed by atoms with E-state index < -0.39 is 0 Å². The van der Waals surface area contributed by atoms with Gasteiger partial charge in [0.1, 0.15) is 10.8 Å². The number of thiazole rings is 1. The van der Waals surface area contributed by atoms with E-state index in [9.17, 15) is 4.79 Å². The standard InChI is InChI=1S/C18H25N5OS/c1-3-6-19-17(24)15-4-5-16(21-13-15)23-10-8-22(9-11-23)14(2)18-20-7-12-25-18/h4-5,7,12-14H,3,6,8-11H2,1-2H3,(H,19,24). The lowest BCUT2D eigenvalue weighted by molar-refractivity contribution is 0.0953. The molecule has 0 aliphatic carbocycles. The summed E-state index contributed by atoms with van der Waals surface area (Å²) in [7, 11) is 0. The Balaban J connectivity index is 1.55. The SMILES string of the molecule is CCCNC(=O)c1ccc(N2CCN(C(C)c3nccs3)CC2)nc1. The number of amides is 1. The lowest BCUT2D eigenvalue weighted by Gasteiger charge is -2.38. The Bertz CT molecular complexity index is 665. The molecule has 1 amide bonds. The number of piperazine rings is 1. The average molecular weight is 359 g/mol. The molecule has 1 aliphatic heterocycles. The Morgan fingerprint density at radius 2 is 2.08 bits per heavy atom. The van der Waals surface area contributed by atoms with Gasteiger partial charge < -0.3 is 10.2 Å². The summed E-state index contributed by atoms with van der Waals surface area (Å²) in [6, 6.07) is 4.17. The van der Waals surface area contributed by atoms with E-state index in [0.29, 0.717) is 18.2 Å². The first kappa shape index (κ1) is 17.8. The van der Waals surface area contributed by atoms with Crippen molar-refractivity contribution in [2.45, 2.75) is 26.3 Å².